The molecule has 0 bridgehead atoms. The molecular formula is C19H7AlF10O. The molecule has 3 aromatic rings. The van der Waals surface area contributed by atoms with Gasteiger partial charge in [0.2, 0.25) is 5.82 Å². The van der Waals surface area contributed by atoms with Crippen molar-refractivity contribution < 1.29 is 48.6 Å². The first-order valence-electron chi connectivity index (χ1n) is 8.18. The maximum atomic E-state index is 14.9. The van der Waals surface area contributed by atoms with Crippen LogP contribution in [-0.4, -0.2) is 21.3 Å². The van der Waals surface area contributed by atoms with E-state index in [1.807, 2.05) is 0 Å². The third kappa shape index (κ3) is 3.86. The number of benzene rings is 3. The van der Waals surface area contributed by atoms with Crippen LogP contribution in [0, 0.1) is 58.2 Å². The second kappa shape index (κ2) is 8.44. The number of halogens is 10. The van der Waals surface area contributed by atoms with Crippen LogP contribution in [0.2, 0.25) is 0 Å². The van der Waals surface area contributed by atoms with Crippen molar-refractivity contribution in [2.24, 2.45) is 0 Å². The summed E-state index contributed by atoms with van der Waals surface area (Å²) in [6, 6.07) is 0.519. The van der Waals surface area contributed by atoms with Crippen LogP contribution in [0.4, 0.5) is 43.9 Å². The van der Waals surface area contributed by atoms with Crippen molar-refractivity contribution in [3.8, 4) is 5.75 Å². The van der Waals surface area contributed by atoms with E-state index >= 15 is 0 Å². The highest BCUT2D eigenvalue weighted by atomic mass is 27.2. The Morgan fingerprint density at radius 3 is 1.42 bits per heavy atom. The largest absolute Gasteiger partial charge is 0.491 e. The summed E-state index contributed by atoms with van der Waals surface area (Å²) in [7, 11) is 0.657. The average molecular weight is 468 g/mol. The first kappa shape index (κ1) is 23.0. The monoisotopic (exact) mass is 468 g/mol. The summed E-state index contributed by atoms with van der Waals surface area (Å²) >= 11 is -4.62. The van der Waals surface area contributed by atoms with Crippen LogP contribution in [0.25, 0.3) is 0 Å². The molecule has 12 heteroatoms. The maximum absolute atomic E-state index is 14.9. The molecule has 0 atom stereocenters. The normalized spacial score (nSPS) is 11.1. The van der Waals surface area contributed by atoms with Crippen LogP contribution < -0.4 is 18.0 Å². The van der Waals surface area contributed by atoms with Gasteiger partial charge in [0.25, 0.3) is 0 Å². The standard InChI is InChI=1S/C7H3F4O.2C6H2F3.Al/c1-12-7-4(9)2-3(8)5(10)6(7)11;2*7-4-1-2-5(8)6(9)3-4;/h1H3;2*1,3H;. The zero-order valence-corrected chi connectivity index (χ0v) is 16.2. The average Bonchev–Trinajstić information content (AvgIpc) is 2.70. The Kier molecular flexibility index (Phi) is 6.25. The van der Waals surface area contributed by atoms with Gasteiger partial charge in [0.05, 0.1) is 7.11 Å². The molecule has 0 amide bonds. The van der Waals surface area contributed by atoms with Gasteiger partial charge in [-0.25, -0.2) is 39.5 Å². The highest BCUT2D eigenvalue weighted by Crippen LogP contribution is 2.25. The highest BCUT2D eigenvalue weighted by molar-refractivity contribution is 6.95. The molecule has 162 valence electrons. The van der Waals surface area contributed by atoms with E-state index in [2.05, 4.69) is 4.74 Å². The predicted molar refractivity (Wildman–Crippen MR) is 90.1 cm³/mol. The Labute approximate surface area is 171 Å². The van der Waals surface area contributed by atoms with Crippen molar-refractivity contribution in [1.82, 2.24) is 0 Å². The van der Waals surface area contributed by atoms with E-state index < -0.39 is 91.3 Å². The third-order valence-electron chi connectivity index (χ3n) is 4.41. The minimum atomic E-state index is -4.62. The lowest BCUT2D eigenvalue weighted by Crippen LogP contribution is -2.57. The van der Waals surface area contributed by atoms with E-state index in [1.165, 1.54) is 0 Å². The van der Waals surface area contributed by atoms with Gasteiger partial charge in [0.1, 0.15) is 23.3 Å². The smallest absolute Gasteiger partial charge is 0.403 e. The predicted octanol–water partition coefficient (Wildman–Crippen LogP) is 3.60. The van der Waals surface area contributed by atoms with Gasteiger partial charge in [0.15, 0.2) is 34.8 Å². The zero-order valence-electron chi connectivity index (χ0n) is 15.1. The van der Waals surface area contributed by atoms with Gasteiger partial charge < -0.3 is 4.74 Å². The molecule has 31 heavy (non-hydrogen) atoms. The lowest BCUT2D eigenvalue weighted by molar-refractivity contribution is 0.338. The molecule has 0 heterocycles. The molecule has 0 unspecified atom stereocenters. The van der Waals surface area contributed by atoms with Gasteiger partial charge in [-0.3, -0.25) is 0 Å². The minimum Gasteiger partial charge on any atom is -0.491 e. The number of hydrogen-bond acceptors (Lipinski definition) is 1. The van der Waals surface area contributed by atoms with Gasteiger partial charge in [-0.2, -0.15) is 4.39 Å². The fraction of sp³-hybridized carbons (Fsp3) is 0.0526. The lowest BCUT2D eigenvalue weighted by atomic mass is 10.3. The topological polar surface area (TPSA) is 9.23 Å². The molecule has 0 aromatic heterocycles. The molecule has 0 radical (unpaired) electrons. The van der Waals surface area contributed by atoms with E-state index in [1.54, 1.807) is 0 Å². The lowest BCUT2D eigenvalue weighted by Gasteiger charge is -2.19. The summed E-state index contributed by atoms with van der Waals surface area (Å²) in [5.74, 6) is -20.9. The van der Waals surface area contributed by atoms with E-state index in [9.17, 15) is 43.9 Å². The molecule has 0 spiro atoms. The van der Waals surface area contributed by atoms with Crippen molar-refractivity contribution in [2.75, 3.05) is 7.11 Å². The van der Waals surface area contributed by atoms with Crippen LogP contribution in [0.1, 0.15) is 0 Å². The van der Waals surface area contributed by atoms with Crippen molar-refractivity contribution in [2.45, 2.75) is 0 Å². The van der Waals surface area contributed by atoms with Crippen LogP contribution in [-0.2, 0) is 0 Å². The third-order valence-corrected chi connectivity index (χ3v) is 7.58. The van der Waals surface area contributed by atoms with Gasteiger partial charge >= 0.3 is 14.1 Å². The van der Waals surface area contributed by atoms with Crippen molar-refractivity contribution in [3.63, 3.8) is 0 Å². The van der Waals surface area contributed by atoms with E-state index in [-0.39, 0.29) is 24.3 Å². The van der Waals surface area contributed by atoms with Gasteiger partial charge in [0, 0.05) is 12.1 Å². The van der Waals surface area contributed by atoms with Gasteiger partial charge in [-0.05, 0) is 16.6 Å². The van der Waals surface area contributed by atoms with Crippen LogP contribution >= 0.6 is 0 Å². The fourth-order valence-electron chi connectivity index (χ4n) is 3.11. The molecule has 0 aliphatic heterocycles. The number of hydrogen-bond donors (Lipinski definition) is 0. The van der Waals surface area contributed by atoms with Crippen molar-refractivity contribution in [1.29, 1.82) is 0 Å². The Balaban J connectivity index is 2.53. The SMILES string of the molecule is COc1c(F)c(F)c(F)[c]([Al]([c]2cc(F)cc(F)c2F)[c]2cc(F)cc(F)c2F)c1F. The molecule has 1 nitrogen and oxygen atoms in total. The Hall–Kier alpha value is -2.71. The maximum Gasteiger partial charge on any atom is 0.403 e. The minimum absolute atomic E-state index is 0.0470. The van der Waals surface area contributed by atoms with Gasteiger partial charge in [-0.1, -0.05) is 8.85 Å². The van der Waals surface area contributed by atoms with Crippen LogP contribution in [0.5, 0.6) is 5.75 Å². The first-order valence-corrected chi connectivity index (χ1v) is 9.91. The van der Waals surface area contributed by atoms with E-state index in [0.717, 1.165) is 0 Å². The fourth-order valence-corrected chi connectivity index (χ4v) is 6.27. The number of methoxy groups -OCH3 is 1. The summed E-state index contributed by atoms with van der Waals surface area (Å²) in [6.45, 7) is 0. The molecule has 0 fully saturated rings. The second-order valence-corrected chi connectivity index (χ2v) is 8.90. The Bertz CT molecular complexity index is 1140. The molecule has 0 N–H and O–H groups in total. The highest BCUT2D eigenvalue weighted by Gasteiger charge is 2.41. The van der Waals surface area contributed by atoms with Crippen LogP contribution in [0.15, 0.2) is 24.3 Å². The molecule has 3 rings (SSSR count). The number of rotatable bonds is 4. The van der Waals surface area contributed by atoms with E-state index in [0.29, 0.717) is 7.11 Å². The molecule has 0 saturated carbocycles. The number of ether oxygens (including phenoxy) is 1. The van der Waals surface area contributed by atoms with Crippen molar-refractivity contribution in [3.05, 3.63) is 82.4 Å². The molecule has 0 saturated heterocycles. The van der Waals surface area contributed by atoms with Crippen LogP contribution in [0.3, 0.4) is 0 Å². The molecular weight excluding hydrogens is 461 g/mol. The zero-order chi connectivity index (χ0) is 23.2. The van der Waals surface area contributed by atoms with Crippen molar-refractivity contribution >= 4 is 27.4 Å². The summed E-state index contributed by atoms with van der Waals surface area (Å²) in [4.78, 5) is 0. The van der Waals surface area contributed by atoms with Gasteiger partial charge in [-0.15, -0.1) is 0 Å². The summed E-state index contributed by atoms with van der Waals surface area (Å²) in [6.07, 6.45) is 0. The quantitative estimate of drug-likeness (QED) is 0.246. The second-order valence-electron chi connectivity index (χ2n) is 6.22. The summed E-state index contributed by atoms with van der Waals surface area (Å²) in [5.41, 5.74) is 0. The van der Waals surface area contributed by atoms with E-state index in [4.69, 9.17) is 0 Å². The first-order chi connectivity index (χ1) is 14.5. The molecule has 0 aliphatic carbocycles. The summed E-state index contributed by atoms with van der Waals surface area (Å²) < 4.78 is 142. The Morgan fingerprint density at radius 1 is 0.548 bits per heavy atom. The Morgan fingerprint density at radius 2 is 1.00 bits per heavy atom. The molecule has 3 aromatic carbocycles. The molecule has 0 aliphatic rings. The summed E-state index contributed by atoms with van der Waals surface area (Å²) in [5, 5.41) is 0.